The maximum atomic E-state index is 13.0. The Morgan fingerprint density at radius 1 is 1.18 bits per heavy atom. The number of carbonyl (C=O) groups is 2. The minimum Gasteiger partial charge on any atom is -0.475 e. The van der Waals surface area contributed by atoms with Crippen molar-refractivity contribution in [1.82, 2.24) is 14.7 Å². The van der Waals surface area contributed by atoms with Crippen LogP contribution in [0.3, 0.4) is 0 Å². The highest BCUT2D eigenvalue weighted by molar-refractivity contribution is 5.77. The zero-order chi connectivity index (χ0) is 24.0. The van der Waals surface area contributed by atoms with Gasteiger partial charge in [0, 0.05) is 26.6 Å². The summed E-state index contributed by atoms with van der Waals surface area (Å²) < 4.78 is 39.6. The third-order valence-electron chi connectivity index (χ3n) is 5.74. The molecular weight excluding hydrogens is 439 g/mol. The number of hydrogen-bond acceptors (Lipinski definition) is 4. The second kappa shape index (κ2) is 10.8. The normalized spacial score (nSPS) is 17.7. The molecular formula is C23H28F3N3O4. The first-order valence-electron chi connectivity index (χ1n) is 10.9. The molecule has 1 N–H and O–H groups in total. The van der Waals surface area contributed by atoms with Crippen molar-refractivity contribution in [2.75, 3.05) is 19.8 Å². The van der Waals surface area contributed by atoms with Gasteiger partial charge in [-0.05, 0) is 42.7 Å². The third kappa shape index (κ3) is 7.05. The summed E-state index contributed by atoms with van der Waals surface area (Å²) in [5.41, 5.74) is 3.60. The van der Waals surface area contributed by atoms with Gasteiger partial charge >= 0.3 is 12.1 Å². The molecule has 1 atom stereocenters. The molecule has 2 heterocycles. The minimum absolute atomic E-state index is 0.0201. The second-order valence-corrected chi connectivity index (χ2v) is 8.30. The third-order valence-corrected chi connectivity index (χ3v) is 5.74. The second-order valence-electron chi connectivity index (χ2n) is 8.30. The van der Waals surface area contributed by atoms with Crippen molar-refractivity contribution in [2.24, 2.45) is 13.0 Å². The van der Waals surface area contributed by atoms with Crippen molar-refractivity contribution >= 4 is 11.9 Å². The van der Waals surface area contributed by atoms with Gasteiger partial charge in [-0.25, -0.2) is 4.79 Å². The number of carboxylic acids is 1. The lowest BCUT2D eigenvalue weighted by Gasteiger charge is -2.36. The van der Waals surface area contributed by atoms with Crippen molar-refractivity contribution in [2.45, 2.75) is 44.3 Å². The molecule has 1 unspecified atom stereocenters. The van der Waals surface area contributed by atoms with Crippen LogP contribution in [0.1, 0.15) is 42.1 Å². The Morgan fingerprint density at radius 2 is 1.85 bits per heavy atom. The topological polar surface area (TPSA) is 84.7 Å². The highest BCUT2D eigenvalue weighted by Gasteiger charge is 2.38. The van der Waals surface area contributed by atoms with Gasteiger partial charge in [0.25, 0.3) is 0 Å². The minimum atomic E-state index is -5.08. The quantitative estimate of drug-likeness (QED) is 0.674. The van der Waals surface area contributed by atoms with Gasteiger partial charge in [-0.1, -0.05) is 30.3 Å². The number of carbonyl (C=O) groups excluding carboxylic acids is 1. The van der Waals surface area contributed by atoms with E-state index >= 15 is 0 Å². The number of fused-ring (bicyclic) bond motifs is 1. The van der Waals surface area contributed by atoms with Gasteiger partial charge in [0.05, 0.1) is 24.5 Å². The molecule has 1 aromatic carbocycles. The highest BCUT2D eigenvalue weighted by atomic mass is 19.4. The number of alkyl halides is 3. The molecule has 1 amide bonds. The fraction of sp³-hybridized carbons (Fsp3) is 0.522. The Labute approximate surface area is 190 Å². The van der Waals surface area contributed by atoms with Crippen LogP contribution in [0.4, 0.5) is 13.2 Å². The first-order chi connectivity index (χ1) is 15.7. The molecule has 0 radical (unpaired) electrons. The summed E-state index contributed by atoms with van der Waals surface area (Å²) >= 11 is 0. The number of aryl methyl sites for hydroxylation is 2. The SMILES string of the molecule is Cn1ncc2c1C(COCC1CC1)N(C(=O)CCc1ccccc1)CC2.O=C(O)C(F)(F)F. The average Bonchev–Trinajstić information content (AvgIpc) is 3.53. The number of benzene rings is 1. The highest BCUT2D eigenvalue weighted by Crippen LogP contribution is 2.32. The van der Waals surface area contributed by atoms with Crippen molar-refractivity contribution in [3.63, 3.8) is 0 Å². The fourth-order valence-electron chi connectivity index (χ4n) is 3.80. The van der Waals surface area contributed by atoms with Gasteiger partial charge in [0.1, 0.15) is 0 Å². The summed E-state index contributed by atoms with van der Waals surface area (Å²) in [6, 6.07) is 10.2. The van der Waals surface area contributed by atoms with Crippen molar-refractivity contribution in [3.05, 3.63) is 53.3 Å². The van der Waals surface area contributed by atoms with E-state index in [0.29, 0.717) is 13.0 Å². The van der Waals surface area contributed by atoms with E-state index in [0.717, 1.165) is 37.6 Å². The van der Waals surface area contributed by atoms with Crippen molar-refractivity contribution in [3.8, 4) is 0 Å². The van der Waals surface area contributed by atoms with Gasteiger partial charge in [-0.15, -0.1) is 0 Å². The number of ether oxygens (including phenoxy) is 1. The van der Waals surface area contributed by atoms with E-state index in [9.17, 15) is 18.0 Å². The van der Waals surface area contributed by atoms with Crippen molar-refractivity contribution in [1.29, 1.82) is 0 Å². The summed E-state index contributed by atoms with van der Waals surface area (Å²) in [5, 5.41) is 11.5. The molecule has 10 heteroatoms. The van der Waals surface area contributed by atoms with Crippen LogP contribution >= 0.6 is 0 Å². The van der Waals surface area contributed by atoms with E-state index in [4.69, 9.17) is 14.6 Å². The van der Waals surface area contributed by atoms with E-state index in [-0.39, 0.29) is 11.9 Å². The predicted octanol–water partition coefficient (Wildman–Crippen LogP) is 3.54. The Kier molecular flexibility index (Phi) is 8.12. The van der Waals surface area contributed by atoms with E-state index < -0.39 is 12.1 Å². The molecule has 1 aromatic heterocycles. The van der Waals surface area contributed by atoms with Gasteiger partial charge in [0.2, 0.25) is 5.91 Å². The summed E-state index contributed by atoms with van der Waals surface area (Å²) in [5.74, 6) is -1.82. The molecule has 33 heavy (non-hydrogen) atoms. The lowest BCUT2D eigenvalue weighted by molar-refractivity contribution is -0.192. The number of halogens is 3. The Bertz CT molecular complexity index is 942. The van der Waals surface area contributed by atoms with Gasteiger partial charge in [-0.2, -0.15) is 18.3 Å². The number of rotatable bonds is 7. The van der Waals surface area contributed by atoms with Crippen LogP contribution in [0.25, 0.3) is 0 Å². The first kappa shape index (κ1) is 24.8. The van der Waals surface area contributed by atoms with Crippen molar-refractivity contribution < 1.29 is 32.6 Å². The number of aliphatic carboxylic acids is 1. The molecule has 1 saturated carbocycles. The lowest BCUT2D eigenvalue weighted by atomic mass is 9.99. The van der Waals surface area contributed by atoms with E-state index in [1.165, 1.54) is 24.0 Å². The Balaban J connectivity index is 0.000000383. The molecule has 4 rings (SSSR count). The summed E-state index contributed by atoms with van der Waals surface area (Å²) in [6.07, 6.45) is 1.61. The fourth-order valence-corrected chi connectivity index (χ4v) is 3.80. The molecule has 1 aliphatic heterocycles. The zero-order valence-corrected chi connectivity index (χ0v) is 18.4. The maximum Gasteiger partial charge on any atom is 0.490 e. The molecule has 1 aliphatic carbocycles. The molecule has 2 aromatic rings. The van der Waals surface area contributed by atoms with E-state index in [1.807, 2.05) is 41.0 Å². The monoisotopic (exact) mass is 467 g/mol. The smallest absolute Gasteiger partial charge is 0.475 e. The number of aromatic nitrogens is 2. The summed E-state index contributed by atoms with van der Waals surface area (Å²) in [7, 11) is 1.96. The molecule has 0 spiro atoms. The van der Waals surface area contributed by atoms with Gasteiger partial charge in [0.15, 0.2) is 0 Å². The maximum absolute atomic E-state index is 13.0. The Hall–Kier alpha value is -2.88. The predicted molar refractivity (Wildman–Crippen MR) is 113 cm³/mol. The Morgan fingerprint density at radius 3 is 2.45 bits per heavy atom. The van der Waals surface area contributed by atoms with Gasteiger partial charge < -0.3 is 14.7 Å². The lowest BCUT2D eigenvalue weighted by Crippen LogP contribution is -2.43. The molecule has 0 bridgehead atoms. The summed E-state index contributed by atoms with van der Waals surface area (Å²) in [4.78, 5) is 23.9. The standard InChI is InChI=1S/C21H27N3O2.C2HF3O2/c1-23-21-18(13-22-23)11-12-24(19(21)15-26-14-17-7-8-17)20(25)10-9-16-5-3-2-4-6-16;3-2(4,5)1(6)7/h2-6,13,17,19H,7-12,14-15H2,1H3;(H,6,7). The number of hydrogen-bond donors (Lipinski definition) is 1. The number of nitrogens with zero attached hydrogens (tertiary/aromatic N) is 3. The van der Waals surface area contributed by atoms with E-state index in [1.54, 1.807) is 0 Å². The molecule has 0 saturated heterocycles. The van der Waals surface area contributed by atoms with Gasteiger partial charge in [-0.3, -0.25) is 9.48 Å². The van der Waals surface area contributed by atoms with Crippen LogP contribution in [-0.4, -0.2) is 57.6 Å². The average molecular weight is 467 g/mol. The molecule has 7 nitrogen and oxygen atoms in total. The van der Waals surface area contributed by atoms with Crippen LogP contribution < -0.4 is 0 Å². The van der Waals surface area contributed by atoms with Crippen LogP contribution in [0.15, 0.2) is 36.5 Å². The van der Waals surface area contributed by atoms with Crippen LogP contribution in [0.2, 0.25) is 0 Å². The largest absolute Gasteiger partial charge is 0.490 e. The molecule has 180 valence electrons. The number of carboxylic acid groups (broad SMARTS) is 1. The number of amides is 1. The van der Waals surface area contributed by atoms with Crippen LogP contribution in [0, 0.1) is 5.92 Å². The van der Waals surface area contributed by atoms with E-state index in [2.05, 4.69) is 17.2 Å². The summed E-state index contributed by atoms with van der Waals surface area (Å²) in [6.45, 7) is 2.14. The first-order valence-corrected chi connectivity index (χ1v) is 10.9. The zero-order valence-electron chi connectivity index (χ0n) is 18.4. The van der Waals surface area contributed by atoms with Crippen LogP contribution in [0.5, 0.6) is 0 Å². The molecule has 2 aliphatic rings. The molecule has 1 fully saturated rings. The van der Waals surface area contributed by atoms with Crippen LogP contribution in [-0.2, 0) is 34.2 Å².